The van der Waals surface area contributed by atoms with E-state index in [2.05, 4.69) is 0 Å². The normalized spacial score (nSPS) is 14.5. The minimum Gasteiger partial charge on any atom is -0.482 e. The molecule has 2 aromatic rings. The number of fused-ring (bicyclic) bond motifs is 1. The van der Waals surface area contributed by atoms with Crippen LogP contribution in [0.2, 0.25) is 0 Å². The van der Waals surface area contributed by atoms with Crippen molar-refractivity contribution in [2.24, 2.45) is 0 Å². The van der Waals surface area contributed by atoms with Crippen molar-refractivity contribution in [3.05, 3.63) is 51.9 Å². The van der Waals surface area contributed by atoms with Crippen molar-refractivity contribution in [2.45, 2.75) is 6.92 Å². The molecule has 0 atom stereocenters. The van der Waals surface area contributed by atoms with Gasteiger partial charge in [0, 0.05) is 17.0 Å². The molecule has 1 aliphatic rings. The summed E-state index contributed by atoms with van der Waals surface area (Å²) in [5.41, 5.74) is 0.483. The minimum absolute atomic E-state index is 0.162. The van der Waals surface area contributed by atoms with Crippen molar-refractivity contribution in [3.8, 4) is 11.5 Å². The number of esters is 1. The molecule has 0 spiro atoms. The fraction of sp³-hybridized carbons (Fsp3) is 0.176. The Labute approximate surface area is 137 Å². The van der Waals surface area contributed by atoms with Gasteiger partial charge in [-0.25, -0.2) is 4.79 Å². The molecular weight excluding hydrogens is 316 g/mol. The third kappa shape index (κ3) is 3.43. The van der Waals surface area contributed by atoms with E-state index >= 15 is 0 Å². The van der Waals surface area contributed by atoms with E-state index in [0.29, 0.717) is 23.7 Å². The minimum atomic E-state index is -0.441. The molecule has 0 N–H and O–H groups in total. The Kier molecular flexibility index (Phi) is 4.43. The number of rotatable bonds is 5. The van der Waals surface area contributed by atoms with Gasteiger partial charge in [0.25, 0.3) is 0 Å². The first-order valence-electron chi connectivity index (χ1n) is 7.07. The molecule has 0 bridgehead atoms. The third-order valence-electron chi connectivity index (χ3n) is 3.12. The Balaban J connectivity index is 1.74. The second-order valence-corrected chi connectivity index (χ2v) is 5.69. The number of thiophene rings is 1. The number of carbonyl (C=O) groups is 2. The highest BCUT2D eigenvalue weighted by molar-refractivity contribution is 7.10. The zero-order valence-electron chi connectivity index (χ0n) is 12.4. The van der Waals surface area contributed by atoms with Gasteiger partial charge in [-0.3, -0.25) is 4.79 Å². The van der Waals surface area contributed by atoms with Gasteiger partial charge in [-0.2, -0.15) is 0 Å². The summed E-state index contributed by atoms with van der Waals surface area (Å²) in [7, 11) is 0. The Morgan fingerprint density at radius 1 is 1.35 bits per heavy atom. The molecule has 1 aromatic heterocycles. The van der Waals surface area contributed by atoms with Gasteiger partial charge in [0.2, 0.25) is 5.78 Å². The highest BCUT2D eigenvalue weighted by Crippen LogP contribution is 2.35. The SMILES string of the molecule is CCOC(=O)COc1ccc2c(c1)OC(=Cc1cccs1)C2=O. The van der Waals surface area contributed by atoms with Gasteiger partial charge < -0.3 is 14.2 Å². The molecule has 1 aliphatic heterocycles. The number of ether oxygens (including phenoxy) is 3. The second-order valence-electron chi connectivity index (χ2n) is 4.71. The first-order chi connectivity index (χ1) is 11.2. The Bertz CT molecular complexity index is 761. The maximum absolute atomic E-state index is 12.3. The summed E-state index contributed by atoms with van der Waals surface area (Å²) in [5.74, 6) is 0.555. The lowest BCUT2D eigenvalue weighted by molar-refractivity contribution is -0.145. The summed E-state index contributed by atoms with van der Waals surface area (Å²) in [6.07, 6.45) is 1.71. The van der Waals surface area contributed by atoms with Gasteiger partial charge in [0.1, 0.15) is 11.5 Å². The first-order valence-corrected chi connectivity index (χ1v) is 7.95. The van der Waals surface area contributed by atoms with Gasteiger partial charge in [0.05, 0.1) is 12.2 Å². The molecule has 5 nitrogen and oxygen atoms in total. The second kappa shape index (κ2) is 6.66. The number of benzene rings is 1. The lowest BCUT2D eigenvalue weighted by atomic mass is 10.1. The van der Waals surface area contributed by atoms with Crippen molar-refractivity contribution in [3.63, 3.8) is 0 Å². The molecule has 2 heterocycles. The third-order valence-corrected chi connectivity index (χ3v) is 3.94. The van der Waals surface area contributed by atoms with E-state index in [1.807, 2.05) is 17.5 Å². The maximum atomic E-state index is 12.3. The molecule has 1 aromatic carbocycles. The summed E-state index contributed by atoms with van der Waals surface area (Å²) in [6, 6.07) is 8.68. The molecule has 0 radical (unpaired) electrons. The average Bonchev–Trinajstić information content (AvgIpc) is 3.15. The van der Waals surface area contributed by atoms with E-state index in [1.54, 1.807) is 31.2 Å². The highest BCUT2D eigenvalue weighted by atomic mass is 32.1. The van der Waals surface area contributed by atoms with Gasteiger partial charge in [0.15, 0.2) is 12.4 Å². The predicted octanol–water partition coefficient (Wildman–Crippen LogP) is 3.31. The van der Waals surface area contributed by atoms with Crippen molar-refractivity contribution >= 4 is 29.2 Å². The van der Waals surface area contributed by atoms with Crippen LogP contribution >= 0.6 is 11.3 Å². The summed E-state index contributed by atoms with van der Waals surface area (Å²) in [6.45, 7) is 1.85. The number of hydrogen-bond donors (Lipinski definition) is 0. The first kappa shape index (κ1) is 15.3. The van der Waals surface area contributed by atoms with E-state index < -0.39 is 5.97 Å². The summed E-state index contributed by atoms with van der Waals surface area (Å²) < 4.78 is 15.7. The standard InChI is InChI=1S/C17H14O5S/c1-2-20-16(18)10-21-11-5-6-13-14(8-11)22-15(17(13)19)9-12-4-3-7-23-12/h3-9H,2,10H2,1H3. The largest absolute Gasteiger partial charge is 0.482 e. The Morgan fingerprint density at radius 3 is 2.96 bits per heavy atom. The number of allylic oxidation sites excluding steroid dienone is 1. The van der Waals surface area contributed by atoms with Crippen LogP contribution < -0.4 is 9.47 Å². The van der Waals surface area contributed by atoms with E-state index in [-0.39, 0.29) is 18.1 Å². The average molecular weight is 330 g/mol. The van der Waals surface area contributed by atoms with Crippen molar-refractivity contribution in [2.75, 3.05) is 13.2 Å². The molecule has 6 heteroatoms. The number of hydrogen-bond acceptors (Lipinski definition) is 6. The molecular formula is C17H14O5S. The van der Waals surface area contributed by atoms with Crippen molar-refractivity contribution < 1.29 is 23.8 Å². The van der Waals surface area contributed by atoms with Crippen LogP contribution in [0.5, 0.6) is 11.5 Å². The van der Waals surface area contributed by atoms with Gasteiger partial charge >= 0.3 is 5.97 Å². The molecule has 0 aliphatic carbocycles. The van der Waals surface area contributed by atoms with Crippen LogP contribution in [0, 0.1) is 0 Å². The van der Waals surface area contributed by atoms with Crippen molar-refractivity contribution in [1.29, 1.82) is 0 Å². The molecule has 118 valence electrons. The molecule has 0 saturated heterocycles. The summed E-state index contributed by atoms with van der Waals surface area (Å²) in [5, 5.41) is 1.93. The Morgan fingerprint density at radius 2 is 2.22 bits per heavy atom. The van der Waals surface area contributed by atoms with Gasteiger partial charge in [-0.1, -0.05) is 6.07 Å². The monoisotopic (exact) mass is 330 g/mol. The smallest absolute Gasteiger partial charge is 0.344 e. The quantitative estimate of drug-likeness (QED) is 0.622. The highest BCUT2D eigenvalue weighted by Gasteiger charge is 2.27. The maximum Gasteiger partial charge on any atom is 0.344 e. The molecule has 23 heavy (non-hydrogen) atoms. The topological polar surface area (TPSA) is 61.8 Å². The predicted molar refractivity (Wildman–Crippen MR) is 85.8 cm³/mol. The fourth-order valence-corrected chi connectivity index (χ4v) is 2.75. The molecule has 0 fully saturated rings. The summed E-state index contributed by atoms with van der Waals surface area (Å²) in [4.78, 5) is 24.5. The van der Waals surface area contributed by atoms with Crippen LogP contribution in [-0.4, -0.2) is 25.0 Å². The number of ketones is 1. The lowest BCUT2D eigenvalue weighted by Gasteiger charge is -2.06. The van der Waals surface area contributed by atoms with Crippen LogP contribution in [-0.2, 0) is 9.53 Å². The van der Waals surface area contributed by atoms with Gasteiger partial charge in [-0.05, 0) is 30.5 Å². The number of Topliss-reactive ketones (excluding diaryl/α,β-unsaturated/α-hetero) is 1. The van der Waals surface area contributed by atoms with Crippen molar-refractivity contribution in [1.82, 2.24) is 0 Å². The van der Waals surface area contributed by atoms with Crippen LogP contribution in [0.25, 0.3) is 6.08 Å². The summed E-state index contributed by atoms with van der Waals surface area (Å²) >= 11 is 1.52. The zero-order valence-corrected chi connectivity index (χ0v) is 13.2. The fourth-order valence-electron chi connectivity index (χ4n) is 2.10. The van der Waals surface area contributed by atoms with Crippen LogP contribution in [0.15, 0.2) is 41.5 Å². The van der Waals surface area contributed by atoms with Gasteiger partial charge in [-0.15, -0.1) is 11.3 Å². The number of carbonyl (C=O) groups excluding carboxylic acids is 2. The molecule has 0 saturated carbocycles. The van der Waals surface area contributed by atoms with E-state index in [0.717, 1.165) is 4.88 Å². The Hall–Kier alpha value is -2.60. The van der Waals surface area contributed by atoms with E-state index in [1.165, 1.54) is 11.3 Å². The molecule has 0 unspecified atom stereocenters. The lowest BCUT2D eigenvalue weighted by Crippen LogP contribution is -2.14. The van der Waals surface area contributed by atoms with Crippen LogP contribution in [0.1, 0.15) is 22.2 Å². The zero-order chi connectivity index (χ0) is 16.2. The molecule has 3 rings (SSSR count). The van der Waals surface area contributed by atoms with E-state index in [4.69, 9.17) is 14.2 Å². The van der Waals surface area contributed by atoms with E-state index in [9.17, 15) is 9.59 Å². The van der Waals surface area contributed by atoms with Crippen LogP contribution in [0.3, 0.4) is 0 Å². The molecule has 0 amide bonds. The van der Waals surface area contributed by atoms with Crippen LogP contribution in [0.4, 0.5) is 0 Å².